The molecule has 13 heteroatoms. The highest BCUT2D eigenvalue weighted by atomic mass is 35.5. The van der Waals surface area contributed by atoms with Gasteiger partial charge in [-0.25, -0.2) is 0 Å². The normalized spacial score (nSPS) is 11.5. The topological polar surface area (TPSA) is 115 Å². The molecule has 0 aromatic heterocycles. The highest BCUT2D eigenvalue weighted by Crippen LogP contribution is 2.32. The van der Waals surface area contributed by atoms with Gasteiger partial charge >= 0.3 is 0 Å². The molecule has 0 fully saturated rings. The molecule has 0 spiro atoms. The summed E-state index contributed by atoms with van der Waals surface area (Å²) >= 11 is 10.1. The van der Waals surface area contributed by atoms with Crippen LogP contribution in [0.2, 0.25) is 5.02 Å². The molecular weight excluding hydrogens is 648 g/mol. The van der Waals surface area contributed by atoms with Crippen LogP contribution in [0, 0.1) is 13.8 Å². The van der Waals surface area contributed by atoms with Crippen LogP contribution < -0.4 is 0 Å². The minimum absolute atomic E-state index is 0.0666. The molecule has 0 atom stereocenters. The van der Waals surface area contributed by atoms with E-state index in [1.807, 2.05) is 43.4 Å². The van der Waals surface area contributed by atoms with E-state index in [0.717, 1.165) is 40.7 Å². The summed E-state index contributed by atoms with van der Waals surface area (Å²) in [6, 6.07) is 18.4. The Kier molecular flexibility index (Phi) is 18.1. The van der Waals surface area contributed by atoms with Crippen LogP contribution in [-0.2, 0) is 20.2 Å². The number of benzene rings is 3. The molecule has 0 saturated carbocycles. The minimum atomic E-state index is -4.02. The van der Waals surface area contributed by atoms with Gasteiger partial charge in [-0.1, -0.05) is 47.0 Å². The number of thioether (sulfide) groups is 2. The summed E-state index contributed by atoms with van der Waals surface area (Å²) in [5.41, 5.74) is 1.91. The second-order valence-electron chi connectivity index (χ2n) is 10.2. The zero-order valence-corrected chi connectivity index (χ0v) is 29.5. The van der Waals surface area contributed by atoms with E-state index in [2.05, 4.69) is 50.1 Å². The van der Waals surface area contributed by atoms with E-state index in [0.29, 0.717) is 0 Å². The first-order valence-corrected chi connectivity index (χ1v) is 18.6. The number of hydrogen-bond acceptors (Lipinski definition) is 8. The smallest absolute Gasteiger partial charge is 0.294 e. The van der Waals surface area contributed by atoms with E-state index in [9.17, 15) is 16.8 Å². The maximum atomic E-state index is 10.5. The summed E-state index contributed by atoms with van der Waals surface area (Å²) in [6.07, 6.45) is 2.40. The summed E-state index contributed by atoms with van der Waals surface area (Å²) in [4.78, 5) is 6.86. The van der Waals surface area contributed by atoms with E-state index < -0.39 is 20.2 Å². The van der Waals surface area contributed by atoms with Crippen molar-refractivity contribution in [3.63, 3.8) is 0 Å². The van der Waals surface area contributed by atoms with Gasteiger partial charge in [0.1, 0.15) is 0 Å². The summed E-state index contributed by atoms with van der Waals surface area (Å²) in [7, 11) is 0.429. The lowest BCUT2D eigenvalue weighted by Gasteiger charge is -2.11. The monoisotopic (exact) mass is 690 g/mol. The number of aryl methyl sites for hydroxylation is 2. The van der Waals surface area contributed by atoms with Crippen molar-refractivity contribution in [2.75, 3.05) is 52.8 Å². The van der Waals surface area contributed by atoms with Gasteiger partial charge in [-0.2, -0.15) is 16.8 Å². The van der Waals surface area contributed by atoms with Gasteiger partial charge in [0.15, 0.2) is 0 Å². The summed E-state index contributed by atoms with van der Waals surface area (Å²) in [6.45, 7) is 5.96. The van der Waals surface area contributed by atoms with E-state index in [1.165, 1.54) is 46.9 Å². The van der Waals surface area contributed by atoms with Crippen LogP contribution in [-0.4, -0.2) is 88.5 Å². The SMILES string of the molecule is CN(C)CCCSc1ccc(Cl)c(SCCCN(C)C)c1.Cc1ccc(S(=O)(=O)O)cc1.Cc1ccc(S(=O)(=O)O)cc1. The second kappa shape index (κ2) is 19.7. The Labute approximate surface area is 271 Å². The van der Waals surface area contributed by atoms with Gasteiger partial charge in [0.25, 0.3) is 20.2 Å². The molecule has 3 rings (SSSR count). The van der Waals surface area contributed by atoms with E-state index in [1.54, 1.807) is 24.3 Å². The summed E-state index contributed by atoms with van der Waals surface area (Å²) in [5.74, 6) is 2.27. The summed E-state index contributed by atoms with van der Waals surface area (Å²) < 4.78 is 59.1. The molecule has 8 nitrogen and oxygen atoms in total. The molecule has 0 radical (unpaired) electrons. The van der Waals surface area contributed by atoms with Crippen LogP contribution in [0.15, 0.2) is 86.3 Å². The van der Waals surface area contributed by atoms with Crippen molar-refractivity contribution in [2.45, 2.75) is 46.3 Å². The van der Waals surface area contributed by atoms with Gasteiger partial charge in [0, 0.05) is 9.79 Å². The van der Waals surface area contributed by atoms with Crippen LogP contribution in [0.1, 0.15) is 24.0 Å². The molecule has 0 unspecified atom stereocenters. The van der Waals surface area contributed by atoms with Crippen LogP contribution in [0.3, 0.4) is 0 Å². The molecular formula is C30H43ClN2O6S4. The molecule has 3 aromatic carbocycles. The second-order valence-corrected chi connectivity index (χ2v) is 15.7. The minimum Gasteiger partial charge on any atom is -0.309 e. The Morgan fingerprint density at radius 1 is 0.651 bits per heavy atom. The van der Waals surface area contributed by atoms with Gasteiger partial charge in [-0.05, 0) is 122 Å². The third kappa shape index (κ3) is 18.1. The van der Waals surface area contributed by atoms with Crippen molar-refractivity contribution in [1.29, 1.82) is 0 Å². The van der Waals surface area contributed by atoms with Crippen LogP contribution in [0.25, 0.3) is 0 Å². The Balaban J connectivity index is 0.000000353. The lowest BCUT2D eigenvalue weighted by molar-refractivity contribution is 0.410. The third-order valence-corrected chi connectivity index (χ3v) is 9.97. The maximum absolute atomic E-state index is 10.5. The maximum Gasteiger partial charge on any atom is 0.294 e. The fourth-order valence-corrected chi connectivity index (χ4v) is 6.34. The van der Waals surface area contributed by atoms with Gasteiger partial charge in [-0.3, -0.25) is 9.11 Å². The standard InChI is InChI=1S/C16H27ClN2S2.2C7H8O3S/c1-18(2)9-5-11-20-14-7-8-15(17)16(13-14)21-12-6-10-19(3)4;2*1-6-2-4-7(5-3-6)11(8,9)10/h7-8,13H,5-6,9-12H2,1-4H3;2*2-5H,1H3,(H,8,9,10). The van der Waals surface area contributed by atoms with E-state index >= 15 is 0 Å². The lowest BCUT2D eigenvalue weighted by Crippen LogP contribution is -2.13. The number of hydrogen-bond donors (Lipinski definition) is 2. The predicted octanol–water partition coefficient (Wildman–Crippen LogP) is 6.91. The highest BCUT2D eigenvalue weighted by molar-refractivity contribution is 8.00. The molecule has 0 heterocycles. The number of nitrogens with zero attached hydrogens (tertiary/aromatic N) is 2. The average molecular weight is 691 g/mol. The average Bonchev–Trinajstić information content (AvgIpc) is 2.90. The van der Waals surface area contributed by atoms with E-state index in [-0.39, 0.29) is 9.79 Å². The van der Waals surface area contributed by atoms with Crippen molar-refractivity contribution >= 4 is 55.4 Å². The lowest BCUT2D eigenvalue weighted by atomic mass is 10.2. The molecule has 0 aliphatic carbocycles. The van der Waals surface area contributed by atoms with Crippen molar-refractivity contribution in [3.8, 4) is 0 Å². The quantitative estimate of drug-likeness (QED) is 0.118. The Bertz CT molecular complexity index is 1380. The molecule has 3 aromatic rings. The highest BCUT2D eigenvalue weighted by Gasteiger charge is 2.08. The Morgan fingerprint density at radius 2 is 1.05 bits per heavy atom. The summed E-state index contributed by atoms with van der Waals surface area (Å²) in [5, 5.41) is 0.877. The van der Waals surface area contributed by atoms with Gasteiger partial charge in [-0.15, -0.1) is 23.5 Å². The van der Waals surface area contributed by atoms with Crippen molar-refractivity contribution < 1.29 is 25.9 Å². The van der Waals surface area contributed by atoms with Crippen molar-refractivity contribution in [1.82, 2.24) is 9.80 Å². The molecule has 0 aliphatic heterocycles. The Hall–Kier alpha value is -1.61. The first kappa shape index (κ1) is 39.4. The molecule has 0 bridgehead atoms. The van der Waals surface area contributed by atoms with Gasteiger partial charge < -0.3 is 9.80 Å². The zero-order chi connectivity index (χ0) is 32.6. The largest absolute Gasteiger partial charge is 0.309 e. The van der Waals surface area contributed by atoms with Crippen LogP contribution in [0.4, 0.5) is 0 Å². The van der Waals surface area contributed by atoms with Crippen molar-refractivity contribution in [3.05, 3.63) is 82.9 Å². The fraction of sp³-hybridized carbons (Fsp3) is 0.400. The molecule has 240 valence electrons. The van der Waals surface area contributed by atoms with Crippen LogP contribution >= 0.6 is 35.1 Å². The predicted molar refractivity (Wildman–Crippen MR) is 181 cm³/mol. The number of rotatable bonds is 12. The first-order valence-electron chi connectivity index (χ1n) is 13.4. The van der Waals surface area contributed by atoms with Crippen LogP contribution in [0.5, 0.6) is 0 Å². The number of halogens is 1. The molecule has 0 amide bonds. The zero-order valence-electron chi connectivity index (χ0n) is 25.5. The first-order chi connectivity index (χ1) is 20.0. The van der Waals surface area contributed by atoms with Gasteiger partial charge in [0.2, 0.25) is 0 Å². The molecule has 0 aliphatic rings. The molecule has 2 N–H and O–H groups in total. The van der Waals surface area contributed by atoms with Crippen molar-refractivity contribution in [2.24, 2.45) is 0 Å². The van der Waals surface area contributed by atoms with Gasteiger partial charge in [0.05, 0.1) is 14.8 Å². The van der Waals surface area contributed by atoms with E-state index in [4.69, 9.17) is 20.7 Å². The molecule has 0 saturated heterocycles. The molecule has 43 heavy (non-hydrogen) atoms. The Morgan fingerprint density at radius 3 is 1.42 bits per heavy atom. The third-order valence-electron chi connectivity index (χ3n) is 5.57. The fourth-order valence-electron chi connectivity index (χ4n) is 3.24.